The second-order valence-electron chi connectivity index (χ2n) is 5.74. The second kappa shape index (κ2) is 9.80. The Balaban J connectivity index is 0.00000264. The SMILES string of the molecule is CCNC(=NCCc1c(C)[nH]c2ccccc12)NC(C)CC.I. The number of halogens is 1. The van der Waals surface area contributed by atoms with Crippen LogP contribution in [0.2, 0.25) is 0 Å². The maximum absolute atomic E-state index is 4.70. The standard InChI is InChI=1S/C18H28N4.HI/c1-5-13(3)21-18(19-6-2)20-12-11-15-14(4)22-17-10-8-7-9-16(15)17;/h7-10,13,22H,5-6,11-12H2,1-4H3,(H2,19,20,21);1H. The van der Waals surface area contributed by atoms with Gasteiger partial charge in [-0.2, -0.15) is 0 Å². The molecular weight excluding hydrogens is 399 g/mol. The van der Waals surface area contributed by atoms with Crippen LogP contribution in [0.3, 0.4) is 0 Å². The summed E-state index contributed by atoms with van der Waals surface area (Å²) in [5.41, 5.74) is 3.83. The van der Waals surface area contributed by atoms with Gasteiger partial charge in [0.15, 0.2) is 5.96 Å². The number of aliphatic imine (C=N–C) groups is 1. The quantitative estimate of drug-likeness (QED) is 0.370. The summed E-state index contributed by atoms with van der Waals surface area (Å²) in [7, 11) is 0. The van der Waals surface area contributed by atoms with Gasteiger partial charge in [-0.15, -0.1) is 24.0 Å². The van der Waals surface area contributed by atoms with E-state index in [0.29, 0.717) is 6.04 Å². The lowest BCUT2D eigenvalue weighted by molar-refractivity contribution is 0.624. The van der Waals surface area contributed by atoms with Gasteiger partial charge in [-0.05, 0) is 45.2 Å². The van der Waals surface area contributed by atoms with Crippen molar-refractivity contribution in [2.45, 2.75) is 46.6 Å². The van der Waals surface area contributed by atoms with Crippen molar-refractivity contribution in [1.29, 1.82) is 0 Å². The van der Waals surface area contributed by atoms with Gasteiger partial charge in [0.2, 0.25) is 0 Å². The van der Waals surface area contributed by atoms with Crippen molar-refractivity contribution >= 4 is 40.8 Å². The molecule has 1 unspecified atom stereocenters. The first-order valence-electron chi connectivity index (χ1n) is 8.26. The fourth-order valence-corrected chi connectivity index (χ4v) is 2.59. The van der Waals surface area contributed by atoms with Gasteiger partial charge in [-0.3, -0.25) is 4.99 Å². The molecule has 23 heavy (non-hydrogen) atoms. The molecule has 1 aromatic heterocycles. The molecule has 128 valence electrons. The first kappa shape index (κ1) is 19.8. The first-order valence-corrected chi connectivity index (χ1v) is 8.26. The van der Waals surface area contributed by atoms with Crippen molar-refractivity contribution in [3.8, 4) is 0 Å². The number of hydrogen-bond donors (Lipinski definition) is 3. The zero-order valence-corrected chi connectivity index (χ0v) is 16.9. The van der Waals surface area contributed by atoms with Crippen molar-refractivity contribution in [1.82, 2.24) is 15.6 Å². The van der Waals surface area contributed by atoms with Crippen LogP contribution in [0.5, 0.6) is 0 Å². The van der Waals surface area contributed by atoms with Crippen molar-refractivity contribution < 1.29 is 0 Å². The molecule has 0 spiro atoms. The summed E-state index contributed by atoms with van der Waals surface area (Å²) in [5, 5.41) is 8.06. The Labute approximate surface area is 156 Å². The zero-order chi connectivity index (χ0) is 15.9. The first-order chi connectivity index (χ1) is 10.7. The average Bonchev–Trinajstić information content (AvgIpc) is 2.83. The molecule has 4 nitrogen and oxygen atoms in total. The highest BCUT2D eigenvalue weighted by atomic mass is 127. The highest BCUT2D eigenvalue weighted by Crippen LogP contribution is 2.22. The maximum atomic E-state index is 4.70. The summed E-state index contributed by atoms with van der Waals surface area (Å²) in [6.45, 7) is 10.3. The van der Waals surface area contributed by atoms with E-state index in [0.717, 1.165) is 31.9 Å². The summed E-state index contributed by atoms with van der Waals surface area (Å²) in [5.74, 6) is 0.911. The summed E-state index contributed by atoms with van der Waals surface area (Å²) in [6.07, 6.45) is 2.04. The number of H-pyrrole nitrogens is 1. The summed E-state index contributed by atoms with van der Waals surface area (Å²) in [4.78, 5) is 8.16. The minimum absolute atomic E-state index is 0. The maximum Gasteiger partial charge on any atom is 0.191 e. The summed E-state index contributed by atoms with van der Waals surface area (Å²) in [6, 6.07) is 8.91. The number of guanidine groups is 1. The average molecular weight is 428 g/mol. The predicted molar refractivity (Wildman–Crippen MR) is 111 cm³/mol. The summed E-state index contributed by atoms with van der Waals surface area (Å²) < 4.78 is 0. The van der Waals surface area contributed by atoms with Crippen molar-refractivity contribution in [2.24, 2.45) is 4.99 Å². The number of aromatic amines is 1. The highest BCUT2D eigenvalue weighted by molar-refractivity contribution is 14.0. The predicted octanol–water partition coefficient (Wildman–Crippen LogP) is 3.99. The molecule has 1 atom stereocenters. The van der Waals surface area contributed by atoms with Crippen LogP contribution in [0.25, 0.3) is 10.9 Å². The Kier molecular flexibility index (Phi) is 8.44. The molecule has 1 aromatic carbocycles. The van der Waals surface area contributed by atoms with Crippen LogP contribution >= 0.6 is 24.0 Å². The van der Waals surface area contributed by atoms with Gasteiger partial charge in [0.25, 0.3) is 0 Å². The number of aryl methyl sites for hydroxylation is 1. The third-order valence-corrected chi connectivity index (χ3v) is 4.00. The Hall–Kier alpha value is -1.24. The van der Waals surface area contributed by atoms with Crippen molar-refractivity contribution in [3.05, 3.63) is 35.5 Å². The lowest BCUT2D eigenvalue weighted by atomic mass is 10.1. The summed E-state index contributed by atoms with van der Waals surface area (Å²) >= 11 is 0. The Bertz CT molecular complexity index is 633. The van der Waals surface area contributed by atoms with E-state index < -0.39 is 0 Å². The Morgan fingerprint density at radius 3 is 2.70 bits per heavy atom. The fraction of sp³-hybridized carbons (Fsp3) is 0.500. The zero-order valence-electron chi connectivity index (χ0n) is 14.6. The third kappa shape index (κ3) is 5.41. The largest absolute Gasteiger partial charge is 0.358 e. The molecule has 0 radical (unpaired) electrons. The second-order valence-corrected chi connectivity index (χ2v) is 5.74. The van der Waals surface area contributed by atoms with E-state index in [9.17, 15) is 0 Å². The number of rotatable bonds is 6. The smallest absolute Gasteiger partial charge is 0.191 e. The van der Waals surface area contributed by atoms with Crippen LogP contribution in [-0.2, 0) is 6.42 Å². The minimum Gasteiger partial charge on any atom is -0.358 e. The Morgan fingerprint density at radius 2 is 2.00 bits per heavy atom. The Morgan fingerprint density at radius 1 is 1.26 bits per heavy atom. The van der Waals surface area contributed by atoms with Crippen LogP contribution in [0.4, 0.5) is 0 Å². The molecule has 0 aliphatic carbocycles. The number of nitrogens with one attached hydrogen (secondary N) is 3. The number of aromatic nitrogens is 1. The van der Waals surface area contributed by atoms with E-state index in [-0.39, 0.29) is 24.0 Å². The monoisotopic (exact) mass is 428 g/mol. The van der Waals surface area contributed by atoms with Gasteiger partial charge < -0.3 is 15.6 Å². The molecule has 0 aliphatic rings. The molecule has 2 rings (SSSR count). The van der Waals surface area contributed by atoms with Crippen LogP contribution < -0.4 is 10.6 Å². The number of para-hydroxylation sites is 1. The molecule has 0 saturated carbocycles. The van der Waals surface area contributed by atoms with Gasteiger partial charge in [0.05, 0.1) is 0 Å². The molecular formula is C18H29IN4. The fourth-order valence-electron chi connectivity index (χ4n) is 2.59. The van der Waals surface area contributed by atoms with Crippen molar-refractivity contribution in [3.63, 3.8) is 0 Å². The van der Waals surface area contributed by atoms with Crippen LogP contribution in [0, 0.1) is 6.92 Å². The minimum atomic E-state index is 0. The molecule has 5 heteroatoms. The highest BCUT2D eigenvalue weighted by Gasteiger charge is 2.07. The molecule has 0 saturated heterocycles. The van der Waals surface area contributed by atoms with Crippen LogP contribution in [-0.4, -0.2) is 30.1 Å². The van der Waals surface area contributed by atoms with E-state index in [4.69, 9.17) is 4.99 Å². The van der Waals surface area contributed by atoms with E-state index in [1.807, 2.05) is 0 Å². The normalized spacial score (nSPS) is 12.8. The van der Waals surface area contributed by atoms with Gasteiger partial charge in [0, 0.05) is 35.7 Å². The lowest BCUT2D eigenvalue weighted by Crippen LogP contribution is -2.42. The number of nitrogens with zero attached hydrogens (tertiary/aromatic N) is 1. The van der Waals surface area contributed by atoms with E-state index in [2.05, 4.69) is 67.6 Å². The van der Waals surface area contributed by atoms with E-state index in [1.165, 1.54) is 22.2 Å². The molecule has 0 bridgehead atoms. The molecule has 1 heterocycles. The lowest BCUT2D eigenvalue weighted by Gasteiger charge is -2.16. The van der Waals surface area contributed by atoms with Gasteiger partial charge in [-0.25, -0.2) is 0 Å². The molecule has 2 aromatic rings. The number of hydrogen-bond acceptors (Lipinski definition) is 1. The van der Waals surface area contributed by atoms with Gasteiger partial charge in [-0.1, -0.05) is 25.1 Å². The topological polar surface area (TPSA) is 52.2 Å². The van der Waals surface area contributed by atoms with Crippen molar-refractivity contribution in [2.75, 3.05) is 13.1 Å². The molecule has 0 aliphatic heterocycles. The van der Waals surface area contributed by atoms with Gasteiger partial charge in [0.1, 0.15) is 0 Å². The molecule has 0 amide bonds. The molecule has 3 N–H and O–H groups in total. The third-order valence-electron chi connectivity index (χ3n) is 4.00. The van der Waals surface area contributed by atoms with Crippen LogP contribution in [0.15, 0.2) is 29.3 Å². The van der Waals surface area contributed by atoms with E-state index >= 15 is 0 Å². The van der Waals surface area contributed by atoms with Gasteiger partial charge >= 0.3 is 0 Å². The van der Waals surface area contributed by atoms with Crippen LogP contribution in [0.1, 0.15) is 38.4 Å². The number of fused-ring (bicyclic) bond motifs is 1. The van der Waals surface area contributed by atoms with E-state index in [1.54, 1.807) is 0 Å². The molecule has 0 fully saturated rings. The number of benzene rings is 1.